The highest BCUT2D eigenvalue weighted by atomic mass is 79.9. The lowest BCUT2D eigenvalue weighted by atomic mass is 10.0. The molecule has 28 heavy (non-hydrogen) atoms. The Morgan fingerprint density at radius 3 is 2.39 bits per heavy atom. The van der Waals surface area contributed by atoms with Crippen molar-refractivity contribution in [3.8, 4) is 17.6 Å². The number of anilines is 1. The van der Waals surface area contributed by atoms with E-state index in [1.54, 1.807) is 19.2 Å². The van der Waals surface area contributed by atoms with Crippen LogP contribution in [-0.2, 0) is 4.79 Å². The highest BCUT2D eigenvalue weighted by molar-refractivity contribution is 9.10. The van der Waals surface area contributed by atoms with E-state index in [-0.39, 0.29) is 5.57 Å². The SMILES string of the molecule is CCOc1c(Br)cc(/C=C(\C#N)C(=O)Nc2c(C)cc(C)cc2C)cc1OC. The van der Waals surface area contributed by atoms with Gasteiger partial charge in [0.15, 0.2) is 11.5 Å². The van der Waals surface area contributed by atoms with Crippen molar-refractivity contribution in [3.63, 3.8) is 0 Å². The third-order valence-corrected chi connectivity index (χ3v) is 4.72. The summed E-state index contributed by atoms with van der Waals surface area (Å²) in [6, 6.07) is 9.47. The van der Waals surface area contributed by atoms with Gasteiger partial charge in [0.25, 0.3) is 5.91 Å². The molecule has 0 fully saturated rings. The molecule has 1 N–H and O–H groups in total. The van der Waals surface area contributed by atoms with Gasteiger partial charge in [-0.25, -0.2) is 0 Å². The van der Waals surface area contributed by atoms with Crippen LogP contribution in [-0.4, -0.2) is 19.6 Å². The molecule has 0 radical (unpaired) electrons. The van der Waals surface area contributed by atoms with Gasteiger partial charge in [0.2, 0.25) is 0 Å². The number of amides is 1. The van der Waals surface area contributed by atoms with Crippen LogP contribution in [0.3, 0.4) is 0 Å². The van der Waals surface area contributed by atoms with Gasteiger partial charge < -0.3 is 14.8 Å². The Labute approximate surface area is 174 Å². The highest BCUT2D eigenvalue weighted by Gasteiger charge is 2.15. The van der Waals surface area contributed by atoms with Gasteiger partial charge in [-0.1, -0.05) is 17.7 Å². The molecule has 0 bridgehead atoms. The summed E-state index contributed by atoms with van der Waals surface area (Å²) in [4.78, 5) is 12.7. The van der Waals surface area contributed by atoms with Crippen LogP contribution in [0.4, 0.5) is 5.69 Å². The molecule has 146 valence electrons. The number of ether oxygens (including phenoxy) is 2. The molecule has 2 aromatic rings. The van der Waals surface area contributed by atoms with Crippen LogP contribution in [0.5, 0.6) is 11.5 Å². The summed E-state index contributed by atoms with van der Waals surface area (Å²) in [6.07, 6.45) is 1.52. The fraction of sp³-hybridized carbons (Fsp3) is 0.273. The van der Waals surface area contributed by atoms with E-state index < -0.39 is 5.91 Å². The van der Waals surface area contributed by atoms with Gasteiger partial charge in [-0.2, -0.15) is 5.26 Å². The van der Waals surface area contributed by atoms with Crippen molar-refractivity contribution in [2.75, 3.05) is 19.0 Å². The summed E-state index contributed by atoms with van der Waals surface area (Å²) < 4.78 is 11.6. The van der Waals surface area contributed by atoms with Crippen molar-refractivity contribution < 1.29 is 14.3 Å². The molecule has 0 heterocycles. The molecule has 0 unspecified atom stereocenters. The number of aryl methyl sites for hydroxylation is 3. The average molecular weight is 443 g/mol. The predicted molar refractivity (Wildman–Crippen MR) is 115 cm³/mol. The van der Waals surface area contributed by atoms with Gasteiger partial charge in [-0.05, 0) is 78.5 Å². The Kier molecular flexibility index (Phi) is 7.24. The summed E-state index contributed by atoms with van der Waals surface area (Å²) in [5, 5.41) is 12.4. The maximum absolute atomic E-state index is 12.7. The lowest BCUT2D eigenvalue weighted by molar-refractivity contribution is -0.112. The Balaban J connectivity index is 2.37. The van der Waals surface area contributed by atoms with E-state index >= 15 is 0 Å². The van der Waals surface area contributed by atoms with E-state index in [1.807, 2.05) is 45.9 Å². The molecule has 0 aliphatic rings. The molecule has 0 aliphatic carbocycles. The molecule has 0 atom stereocenters. The number of hydrogen-bond donors (Lipinski definition) is 1. The number of methoxy groups -OCH3 is 1. The number of nitrogens with zero attached hydrogens (tertiary/aromatic N) is 1. The smallest absolute Gasteiger partial charge is 0.266 e. The third kappa shape index (κ3) is 4.93. The Morgan fingerprint density at radius 2 is 1.86 bits per heavy atom. The van der Waals surface area contributed by atoms with Crippen LogP contribution in [0.15, 0.2) is 34.3 Å². The number of nitriles is 1. The zero-order valence-electron chi connectivity index (χ0n) is 16.6. The topological polar surface area (TPSA) is 71.3 Å². The molecule has 6 heteroatoms. The van der Waals surface area contributed by atoms with Crippen LogP contribution in [0.25, 0.3) is 6.08 Å². The summed E-state index contributed by atoms with van der Waals surface area (Å²) in [6.45, 7) is 8.24. The van der Waals surface area contributed by atoms with Gasteiger partial charge >= 0.3 is 0 Å². The van der Waals surface area contributed by atoms with Crippen molar-refractivity contribution in [2.45, 2.75) is 27.7 Å². The van der Waals surface area contributed by atoms with Gasteiger partial charge in [0.1, 0.15) is 11.6 Å². The van der Waals surface area contributed by atoms with Crippen LogP contribution >= 0.6 is 15.9 Å². The van der Waals surface area contributed by atoms with Crippen molar-refractivity contribution in [1.29, 1.82) is 5.26 Å². The molecule has 1 amide bonds. The first kappa shape index (κ1) is 21.5. The minimum atomic E-state index is -0.457. The summed E-state index contributed by atoms with van der Waals surface area (Å²) >= 11 is 3.45. The molecule has 0 spiro atoms. The predicted octanol–water partition coefficient (Wildman–Crippen LogP) is 5.33. The average Bonchev–Trinajstić information content (AvgIpc) is 2.64. The quantitative estimate of drug-likeness (QED) is 0.484. The summed E-state index contributed by atoms with van der Waals surface area (Å²) in [5.74, 6) is 0.642. The maximum atomic E-state index is 12.7. The van der Waals surface area contributed by atoms with Gasteiger partial charge in [0, 0.05) is 5.69 Å². The second-order valence-corrected chi connectivity index (χ2v) is 7.22. The Hall–Kier alpha value is -2.78. The first-order valence-corrected chi connectivity index (χ1v) is 9.61. The second kappa shape index (κ2) is 9.43. The normalized spacial score (nSPS) is 11.0. The number of carbonyl (C=O) groups excluding carboxylic acids is 1. The molecule has 0 saturated carbocycles. The third-order valence-electron chi connectivity index (χ3n) is 4.13. The van der Waals surface area contributed by atoms with Crippen LogP contribution < -0.4 is 14.8 Å². The van der Waals surface area contributed by atoms with Crippen molar-refractivity contribution in [1.82, 2.24) is 0 Å². The van der Waals surface area contributed by atoms with Gasteiger partial charge in [-0.3, -0.25) is 4.79 Å². The molecule has 0 saturated heterocycles. The van der Waals surface area contributed by atoms with Gasteiger partial charge in [0.05, 0.1) is 18.2 Å². The van der Waals surface area contributed by atoms with Crippen LogP contribution in [0.2, 0.25) is 0 Å². The van der Waals surface area contributed by atoms with Crippen molar-refractivity contribution in [2.24, 2.45) is 0 Å². The van der Waals surface area contributed by atoms with Crippen LogP contribution in [0, 0.1) is 32.1 Å². The number of carbonyl (C=O) groups is 1. The Morgan fingerprint density at radius 1 is 1.21 bits per heavy atom. The van der Waals surface area contributed by atoms with E-state index in [9.17, 15) is 10.1 Å². The molecule has 2 rings (SSSR count). The van der Waals surface area contributed by atoms with E-state index in [0.717, 1.165) is 22.4 Å². The standard InChI is InChI=1S/C22H23BrN2O3/c1-6-28-21-18(23)10-16(11-19(21)27-5)9-17(12-24)22(26)25-20-14(3)7-13(2)8-15(20)4/h7-11H,6H2,1-5H3,(H,25,26)/b17-9+. The number of nitrogens with one attached hydrogen (secondary N) is 1. The lowest BCUT2D eigenvalue weighted by Gasteiger charge is -2.13. The molecule has 5 nitrogen and oxygen atoms in total. The highest BCUT2D eigenvalue weighted by Crippen LogP contribution is 2.37. The first-order chi connectivity index (χ1) is 13.3. The monoisotopic (exact) mass is 442 g/mol. The summed E-state index contributed by atoms with van der Waals surface area (Å²) in [7, 11) is 1.54. The number of halogens is 1. The van der Waals surface area contributed by atoms with Crippen LogP contribution in [0.1, 0.15) is 29.2 Å². The molecule has 0 aliphatic heterocycles. The minimum absolute atomic E-state index is 0.00233. The lowest BCUT2D eigenvalue weighted by Crippen LogP contribution is -2.15. The number of hydrogen-bond acceptors (Lipinski definition) is 4. The molecular formula is C22H23BrN2O3. The van der Waals surface area contributed by atoms with Gasteiger partial charge in [-0.15, -0.1) is 0 Å². The Bertz CT molecular complexity index is 951. The zero-order chi connectivity index (χ0) is 20.8. The van der Waals surface area contributed by atoms with E-state index in [4.69, 9.17) is 9.47 Å². The molecule has 0 aromatic heterocycles. The number of rotatable bonds is 6. The second-order valence-electron chi connectivity index (χ2n) is 6.36. The zero-order valence-corrected chi connectivity index (χ0v) is 18.2. The summed E-state index contributed by atoms with van der Waals surface area (Å²) in [5.41, 5.74) is 4.40. The first-order valence-electron chi connectivity index (χ1n) is 8.82. The van der Waals surface area contributed by atoms with E-state index in [0.29, 0.717) is 28.1 Å². The fourth-order valence-electron chi connectivity index (χ4n) is 2.98. The maximum Gasteiger partial charge on any atom is 0.266 e. The number of benzene rings is 2. The van der Waals surface area contributed by atoms with E-state index in [1.165, 1.54) is 6.08 Å². The fourth-order valence-corrected chi connectivity index (χ4v) is 3.56. The van der Waals surface area contributed by atoms with Crippen molar-refractivity contribution in [3.05, 3.63) is 56.6 Å². The largest absolute Gasteiger partial charge is 0.493 e. The minimum Gasteiger partial charge on any atom is -0.493 e. The van der Waals surface area contributed by atoms with E-state index in [2.05, 4.69) is 21.2 Å². The molecular weight excluding hydrogens is 420 g/mol. The molecule has 2 aromatic carbocycles. The van der Waals surface area contributed by atoms with Crippen molar-refractivity contribution >= 4 is 33.6 Å².